The lowest BCUT2D eigenvalue weighted by Crippen LogP contribution is -2.36. The van der Waals surface area contributed by atoms with Crippen LogP contribution in [0.1, 0.15) is 31.4 Å². The highest BCUT2D eigenvalue weighted by Crippen LogP contribution is 2.24. The van der Waals surface area contributed by atoms with Gasteiger partial charge < -0.3 is 4.90 Å². The van der Waals surface area contributed by atoms with Crippen LogP contribution in [0.4, 0.5) is 0 Å². The average molecular weight is 379 g/mol. The number of aromatic nitrogens is 1. The number of carbonyl (C=O) groups excluding carboxylic acids is 1. The molecule has 0 saturated carbocycles. The molecule has 0 radical (unpaired) electrons. The molecule has 1 fully saturated rings. The van der Waals surface area contributed by atoms with Crippen molar-refractivity contribution >= 4 is 27.1 Å². The highest BCUT2D eigenvalue weighted by atomic mass is 32.2. The van der Waals surface area contributed by atoms with E-state index in [4.69, 9.17) is 0 Å². The molecule has 0 bridgehead atoms. The van der Waals surface area contributed by atoms with E-state index in [2.05, 4.69) is 4.98 Å². The van der Waals surface area contributed by atoms with Crippen LogP contribution in [-0.2, 0) is 20.4 Å². The van der Waals surface area contributed by atoms with E-state index in [-0.39, 0.29) is 23.8 Å². The van der Waals surface area contributed by atoms with Gasteiger partial charge in [0.1, 0.15) is 5.01 Å². The summed E-state index contributed by atoms with van der Waals surface area (Å²) < 4.78 is 24.7. The molecule has 1 aromatic carbocycles. The van der Waals surface area contributed by atoms with Gasteiger partial charge in [0.05, 0.1) is 17.2 Å². The molecule has 0 spiro atoms. The summed E-state index contributed by atoms with van der Waals surface area (Å²) in [5.74, 6) is -0.268. The van der Waals surface area contributed by atoms with E-state index < -0.39 is 9.84 Å². The Bertz CT molecular complexity index is 810. The van der Waals surface area contributed by atoms with Crippen molar-refractivity contribution in [3.63, 3.8) is 0 Å². The van der Waals surface area contributed by atoms with Crippen LogP contribution in [0, 0.1) is 0 Å². The van der Waals surface area contributed by atoms with Crippen molar-refractivity contribution < 1.29 is 13.2 Å². The van der Waals surface area contributed by atoms with Crippen LogP contribution < -0.4 is 0 Å². The quantitative estimate of drug-likeness (QED) is 0.774. The fourth-order valence-electron chi connectivity index (χ4n) is 2.93. The third-order valence-corrected chi connectivity index (χ3v) is 6.78. The van der Waals surface area contributed by atoms with Crippen molar-refractivity contribution in [2.24, 2.45) is 0 Å². The largest absolute Gasteiger partial charge is 0.343 e. The van der Waals surface area contributed by atoms with E-state index in [9.17, 15) is 13.2 Å². The van der Waals surface area contributed by atoms with E-state index in [0.29, 0.717) is 5.69 Å². The zero-order chi connectivity index (χ0) is 17.7. The number of thiazole rings is 1. The van der Waals surface area contributed by atoms with Crippen LogP contribution in [0.5, 0.6) is 0 Å². The zero-order valence-electron chi connectivity index (χ0n) is 14.1. The normalized spacial score (nSPS) is 15.3. The van der Waals surface area contributed by atoms with Crippen LogP contribution >= 0.6 is 11.3 Å². The predicted octanol–water partition coefficient (Wildman–Crippen LogP) is 3.13. The van der Waals surface area contributed by atoms with Gasteiger partial charge in [-0.05, 0) is 19.3 Å². The Morgan fingerprint density at radius 1 is 1.12 bits per heavy atom. The minimum absolute atomic E-state index is 0.0495. The van der Waals surface area contributed by atoms with Gasteiger partial charge in [-0.3, -0.25) is 4.79 Å². The number of likely N-dealkylation sites (tertiary alicyclic amines) is 1. The lowest BCUT2D eigenvalue weighted by atomic mass is 10.1. The molecule has 2 aromatic rings. The van der Waals surface area contributed by atoms with Crippen molar-refractivity contribution in [3.05, 3.63) is 41.4 Å². The van der Waals surface area contributed by atoms with Gasteiger partial charge in [0.25, 0.3) is 0 Å². The first kappa shape index (κ1) is 18.1. The molecule has 3 rings (SSSR count). The van der Waals surface area contributed by atoms with E-state index in [0.717, 1.165) is 42.9 Å². The lowest BCUT2D eigenvalue weighted by Gasteiger charge is -2.26. The topological polar surface area (TPSA) is 67.3 Å². The SMILES string of the molecule is O=C(CCS(=O)(=O)Cc1csc(-c2ccccc2)n1)N1CCCCC1. The Hall–Kier alpha value is -1.73. The Kier molecular flexibility index (Phi) is 5.86. The standard InChI is InChI=1S/C18H22N2O3S2/c21-17(20-10-5-2-6-11-20)9-12-25(22,23)14-16-13-24-18(19-16)15-7-3-1-4-8-15/h1,3-4,7-8,13H,2,5-6,9-12,14H2. The second-order valence-electron chi connectivity index (χ2n) is 6.29. The number of amides is 1. The molecule has 1 aliphatic heterocycles. The molecule has 1 saturated heterocycles. The first-order valence-corrected chi connectivity index (χ1v) is 11.2. The fourth-order valence-corrected chi connectivity index (χ4v) is 5.09. The van der Waals surface area contributed by atoms with E-state index in [1.165, 1.54) is 11.3 Å². The van der Waals surface area contributed by atoms with Gasteiger partial charge in [0.15, 0.2) is 9.84 Å². The zero-order valence-corrected chi connectivity index (χ0v) is 15.7. The van der Waals surface area contributed by atoms with Crippen LogP contribution in [0.2, 0.25) is 0 Å². The minimum atomic E-state index is -3.34. The van der Waals surface area contributed by atoms with Gasteiger partial charge in [0, 0.05) is 30.5 Å². The van der Waals surface area contributed by atoms with Crippen LogP contribution in [0.15, 0.2) is 35.7 Å². The van der Waals surface area contributed by atoms with Crippen molar-refractivity contribution in [3.8, 4) is 10.6 Å². The first-order chi connectivity index (χ1) is 12.0. The molecule has 0 unspecified atom stereocenters. The van der Waals surface area contributed by atoms with Gasteiger partial charge in [-0.25, -0.2) is 13.4 Å². The molecule has 1 aromatic heterocycles. The monoisotopic (exact) mass is 378 g/mol. The van der Waals surface area contributed by atoms with Gasteiger partial charge in [-0.2, -0.15) is 0 Å². The number of nitrogens with zero attached hydrogens (tertiary/aromatic N) is 2. The molecule has 5 nitrogen and oxygen atoms in total. The molecule has 1 aliphatic rings. The summed E-state index contributed by atoms with van der Waals surface area (Å²) in [7, 11) is -3.34. The molecule has 7 heteroatoms. The summed E-state index contributed by atoms with van der Waals surface area (Å²) in [6, 6.07) is 9.70. The highest BCUT2D eigenvalue weighted by Gasteiger charge is 2.21. The second-order valence-corrected chi connectivity index (χ2v) is 9.34. The van der Waals surface area contributed by atoms with Crippen molar-refractivity contribution in [1.82, 2.24) is 9.88 Å². The summed E-state index contributed by atoms with van der Waals surface area (Å²) in [5, 5.41) is 2.60. The maximum absolute atomic E-state index is 12.3. The highest BCUT2D eigenvalue weighted by molar-refractivity contribution is 7.90. The Labute approximate surface area is 152 Å². The number of hydrogen-bond acceptors (Lipinski definition) is 5. The Morgan fingerprint density at radius 3 is 2.56 bits per heavy atom. The van der Waals surface area contributed by atoms with Crippen LogP contribution in [0.25, 0.3) is 10.6 Å². The first-order valence-electron chi connectivity index (χ1n) is 8.51. The lowest BCUT2D eigenvalue weighted by molar-refractivity contribution is -0.131. The maximum Gasteiger partial charge on any atom is 0.223 e. The third-order valence-electron chi connectivity index (χ3n) is 4.28. The summed E-state index contributed by atoms with van der Waals surface area (Å²) in [6.45, 7) is 1.51. The summed E-state index contributed by atoms with van der Waals surface area (Å²) in [6.07, 6.45) is 3.24. The van der Waals surface area contributed by atoms with E-state index >= 15 is 0 Å². The van der Waals surface area contributed by atoms with Gasteiger partial charge in [-0.15, -0.1) is 11.3 Å². The third kappa shape index (κ3) is 5.12. The molecule has 0 atom stereocenters. The molecule has 1 amide bonds. The van der Waals surface area contributed by atoms with Crippen LogP contribution in [0.3, 0.4) is 0 Å². The predicted molar refractivity (Wildman–Crippen MR) is 100 cm³/mol. The van der Waals surface area contributed by atoms with Crippen molar-refractivity contribution in [1.29, 1.82) is 0 Å². The smallest absolute Gasteiger partial charge is 0.223 e. The van der Waals surface area contributed by atoms with Crippen molar-refractivity contribution in [2.45, 2.75) is 31.4 Å². The van der Waals surface area contributed by atoms with E-state index in [1.54, 1.807) is 10.3 Å². The summed E-state index contributed by atoms with van der Waals surface area (Å²) >= 11 is 1.44. The van der Waals surface area contributed by atoms with Gasteiger partial charge >= 0.3 is 0 Å². The molecule has 0 aliphatic carbocycles. The second kappa shape index (κ2) is 8.10. The number of rotatable bonds is 6. The number of hydrogen-bond donors (Lipinski definition) is 0. The summed E-state index contributed by atoms with van der Waals surface area (Å²) in [5.41, 5.74) is 1.53. The molecule has 0 N–H and O–H groups in total. The average Bonchev–Trinajstić information content (AvgIpc) is 3.09. The number of piperidine rings is 1. The maximum atomic E-state index is 12.3. The molecule has 2 heterocycles. The summed E-state index contributed by atoms with van der Waals surface area (Å²) in [4.78, 5) is 18.3. The van der Waals surface area contributed by atoms with Gasteiger partial charge in [-0.1, -0.05) is 30.3 Å². The Morgan fingerprint density at radius 2 is 1.84 bits per heavy atom. The number of sulfone groups is 1. The molecular formula is C18H22N2O3S2. The molecular weight excluding hydrogens is 356 g/mol. The number of benzene rings is 1. The van der Waals surface area contributed by atoms with Crippen LogP contribution in [-0.4, -0.2) is 43.1 Å². The minimum Gasteiger partial charge on any atom is -0.343 e. The number of carbonyl (C=O) groups is 1. The Balaban J connectivity index is 1.56. The molecule has 25 heavy (non-hydrogen) atoms. The van der Waals surface area contributed by atoms with Gasteiger partial charge in [0.2, 0.25) is 5.91 Å². The van der Waals surface area contributed by atoms with Crippen molar-refractivity contribution in [2.75, 3.05) is 18.8 Å². The fraction of sp³-hybridized carbons (Fsp3) is 0.444. The van der Waals surface area contributed by atoms with E-state index in [1.807, 2.05) is 30.3 Å². The molecule has 134 valence electrons.